The Morgan fingerprint density at radius 3 is 2.69 bits per heavy atom. The topological polar surface area (TPSA) is 95.3 Å². The highest BCUT2D eigenvalue weighted by atomic mass is 16.5. The first-order valence-corrected chi connectivity index (χ1v) is 10.5. The van der Waals surface area contributed by atoms with E-state index in [-0.39, 0.29) is 0 Å². The number of H-pyrrole nitrogens is 1. The van der Waals surface area contributed by atoms with Gasteiger partial charge in [0.25, 0.3) is 0 Å². The zero-order valence-corrected chi connectivity index (χ0v) is 18.9. The smallest absolute Gasteiger partial charge is 0.227 e. The molecule has 0 aliphatic rings. The summed E-state index contributed by atoms with van der Waals surface area (Å²) in [5.74, 6) is 1.31. The molecule has 2 heterocycles. The number of methoxy groups -OCH3 is 1. The summed E-state index contributed by atoms with van der Waals surface area (Å²) >= 11 is 0. The molecule has 0 saturated heterocycles. The molecule has 0 saturated carbocycles. The molecule has 4 aromatic rings. The number of nitrogen functional groups attached to an aromatic ring is 1. The fourth-order valence-electron chi connectivity index (χ4n) is 3.66. The maximum absolute atomic E-state index is 6.33. The van der Waals surface area contributed by atoms with Crippen LogP contribution in [0.4, 0.5) is 23.0 Å². The lowest BCUT2D eigenvalue weighted by Crippen LogP contribution is -2.28. The van der Waals surface area contributed by atoms with Crippen molar-refractivity contribution in [3.05, 3.63) is 54.9 Å². The first-order valence-electron chi connectivity index (χ1n) is 10.5. The van der Waals surface area contributed by atoms with Gasteiger partial charge < -0.3 is 30.6 Å². The van der Waals surface area contributed by atoms with Gasteiger partial charge in [0.2, 0.25) is 5.95 Å². The second-order valence-corrected chi connectivity index (χ2v) is 7.97. The second kappa shape index (κ2) is 9.15. The predicted octanol–water partition coefficient (Wildman–Crippen LogP) is 3.96. The van der Waals surface area contributed by atoms with Crippen molar-refractivity contribution < 1.29 is 4.74 Å². The lowest BCUT2D eigenvalue weighted by Gasteiger charge is -2.23. The minimum atomic E-state index is 0.507. The molecule has 0 unspecified atom stereocenters. The molecule has 0 amide bonds. The van der Waals surface area contributed by atoms with Crippen molar-refractivity contribution in [3.8, 4) is 17.0 Å². The van der Waals surface area contributed by atoms with Crippen molar-refractivity contribution in [1.29, 1.82) is 0 Å². The van der Waals surface area contributed by atoms with Crippen molar-refractivity contribution in [2.24, 2.45) is 0 Å². The van der Waals surface area contributed by atoms with Crippen LogP contribution in [0.1, 0.15) is 0 Å². The SMILES string of the molecule is COc1cccc2c(-c3ccnc(Nc4ccc(N(C)CCN(C)C)c(N)c4)n3)c[nH]c12. The summed E-state index contributed by atoms with van der Waals surface area (Å²) in [6.45, 7) is 1.85. The van der Waals surface area contributed by atoms with E-state index >= 15 is 0 Å². The Hall–Kier alpha value is -3.78. The molecule has 0 radical (unpaired) electrons. The quantitative estimate of drug-likeness (QED) is 0.364. The zero-order valence-electron chi connectivity index (χ0n) is 18.9. The number of anilines is 4. The van der Waals surface area contributed by atoms with Crippen LogP contribution >= 0.6 is 0 Å². The molecule has 0 bridgehead atoms. The predicted molar refractivity (Wildman–Crippen MR) is 132 cm³/mol. The van der Waals surface area contributed by atoms with Gasteiger partial charge in [0, 0.05) is 49.2 Å². The van der Waals surface area contributed by atoms with E-state index in [1.807, 2.05) is 55.7 Å². The van der Waals surface area contributed by atoms with Gasteiger partial charge in [0.05, 0.1) is 29.7 Å². The number of aromatic nitrogens is 3. The van der Waals surface area contributed by atoms with Gasteiger partial charge in [0.1, 0.15) is 5.75 Å². The molecule has 8 nitrogen and oxygen atoms in total. The summed E-state index contributed by atoms with van der Waals surface area (Å²) < 4.78 is 5.45. The lowest BCUT2D eigenvalue weighted by atomic mass is 10.1. The van der Waals surface area contributed by atoms with Crippen LogP contribution in [-0.2, 0) is 0 Å². The molecular formula is C24H29N7O. The second-order valence-electron chi connectivity index (χ2n) is 7.97. The summed E-state index contributed by atoms with van der Waals surface area (Å²) in [6.07, 6.45) is 3.69. The van der Waals surface area contributed by atoms with E-state index in [1.54, 1.807) is 13.3 Å². The monoisotopic (exact) mass is 431 g/mol. The molecule has 0 spiro atoms. The molecule has 4 N–H and O–H groups in total. The fourth-order valence-corrected chi connectivity index (χ4v) is 3.66. The number of hydrogen-bond acceptors (Lipinski definition) is 7. The van der Waals surface area contributed by atoms with Crippen molar-refractivity contribution in [3.63, 3.8) is 0 Å². The van der Waals surface area contributed by atoms with Gasteiger partial charge in [-0.3, -0.25) is 0 Å². The van der Waals surface area contributed by atoms with Crippen molar-refractivity contribution in [2.45, 2.75) is 0 Å². The van der Waals surface area contributed by atoms with Crippen LogP contribution in [0.2, 0.25) is 0 Å². The maximum Gasteiger partial charge on any atom is 0.227 e. The molecule has 8 heteroatoms. The summed E-state index contributed by atoms with van der Waals surface area (Å²) in [4.78, 5) is 16.7. The van der Waals surface area contributed by atoms with Crippen LogP contribution in [0.3, 0.4) is 0 Å². The summed E-state index contributed by atoms with van der Waals surface area (Å²) in [6, 6.07) is 13.8. The van der Waals surface area contributed by atoms with Crippen LogP contribution < -0.4 is 20.7 Å². The number of ether oxygens (including phenoxy) is 1. The van der Waals surface area contributed by atoms with Crippen LogP contribution in [0, 0.1) is 0 Å². The van der Waals surface area contributed by atoms with E-state index in [2.05, 4.69) is 39.2 Å². The van der Waals surface area contributed by atoms with Gasteiger partial charge >= 0.3 is 0 Å². The van der Waals surface area contributed by atoms with E-state index in [9.17, 15) is 0 Å². The van der Waals surface area contributed by atoms with Gasteiger partial charge in [-0.05, 0) is 44.4 Å². The Labute approximate surface area is 188 Å². The minimum Gasteiger partial charge on any atom is -0.495 e. The number of hydrogen-bond donors (Lipinski definition) is 3. The number of fused-ring (bicyclic) bond motifs is 1. The molecule has 4 rings (SSSR count). The van der Waals surface area contributed by atoms with Gasteiger partial charge in [-0.1, -0.05) is 12.1 Å². The molecule has 32 heavy (non-hydrogen) atoms. The van der Waals surface area contributed by atoms with Crippen molar-refractivity contribution in [2.75, 3.05) is 57.3 Å². The standard InChI is InChI=1S/C24H29N7O/c1-30(2)12-13-31(3)21-9-8-16(14-19(21)25)28-24-26-11-10-20(29-24)18-15-27-23-17(18)6-5-7-22(23)32-4/h5-11,14-15,27H,12-13,25H2,1-4H3,(H,26,28,29). The maximum atomic E-state index is 6.33. The minimum absolute atomic E-state index is 0.507. The normalized spacial score (nSPS) is 11.2. The Morgan fingerprint density at radius 2 is 1.94 bits per heavy atom. The first-order chi connectivity index (χ1) is 15.5. The largest absolute Gasteiger partial charge is 0.495 e. The lowest BCUT2D eigenvalue weighted by molar-refractivity contribution is 0.416. The van der Waals surface area contributed by atoms with Gasteiger partial charge in [-0.15, -0.1) is 0 Å². The van der Waals surface area contributed by atoms with E-state index < -0.39 is 0 Å². The number of benzene rings is 2. The average Bonchev–Trinajstić information content (AvgIpc) is 3.22. The number of nitrogens with one attached hydrogen (secondary N) is 2. The van der Waals surface area contributed by atoms with Gasteiger partial charge in [-0.25, -0.2) is 9.97 Å². The molecule has 0 aliphatic heterocycles. The molecule has 0 atom stereocenters. The molecule has 0 fully saturated rings. The highest BCUT2D eigenvalue weighted by molar-refractivity contribution is 5.97. The third-order valence-corrected chi connectivity index (χ3v) is 5.41. The Morgan fingerprint density at radius 1 is 1.09 bits per heavy atom. The molecule has 166 valence electrons. The molecule has 2 aromatic carbocycles. The van der Waals surface area contributed by atoms with Gasteiger partial charge in [0.15, 0.2) is 0 Å². The number of likely N-dealkylation sites (N-methyl/N-ethyl adjacent to an activating group) is 2. The van der Waals surface area contributed by atoms with E-state index in [0.717, 1.165) is 52.4 Å². The average molecular weight is 432 g/mol. The zero-order chi connectivity index (χ0) is 22.7. The third-order valence-electron chi connectivity index (χ3n) is 5.41. The Kier molecular flexibility index (Phi) is 6.13. The van der Waals surface area contributed by atoms with E-state index in [4.69, 9.17) is 15.5 Å². The van der Waals surface area contributed by atoms with Crippen molar-refractivity contribution >= 4 is 33.9 Å². The molecule has 0 aliphatic carbocycles. The van der Waals surface area contributed by atoms with Gasteiger partial charge in [-0.2, -0.15) is 0 Å². The highest BCUT2D eigenvalue weighted by Gasteiger charge is 2.12. The van der Waals surface area contributed by atoms with Crippen LogP contribution in [-0.4, -0.2) is 61.2 Å². The van der Waals surface area contributed by atoms with E-state index in [0.29, 0.717) is 11.6 Å². The number of rotatable bonds is 8. The number of aromatic amines is 1. The van der Waals surface area contributed by atoms with Crippen LogP contribution in [0.25, 0.3) is 22.2 Å². The number of nitrogens with two attached hydrogens (primary N) is 1. The number of nitrogens with zero attached hydrogens (tertiary/aromatic N) is 4. The summed E-state index contributed by atoms with van der Waals surface area (Å²) in [7, 11) is 7.83. The number of para-hydroxylation sites is 1. The van der Waals surface area contributed by atoms with Crippen LogP contribution in [0.15, 0.2) is 54.9 Å². The molecular weight excluding hydrogens is 402 g/mol. The summed E-state index contributed by atoms with van der Waals surface area (Å²) in [5.41, 5.74) is 11.6. The van der Waals surface area contributed by atoms with Crippen LogP contribution in [0.5, 0.6) is 5.75 Å². The van der Waals surface area contributed by atoms with Crippen molar-refractivity contribution in [1.82, 2.24) is 19.9 Å². The Balaban J connectivity index is 1.56. The highest BCUT2D eigenvalue weighted by Crippen LogP contribution is 2.33. The first kappa shape index (κ1) is 21.5. The Bertz CT molecular complexity index is 1220. The summed E-state index contributed by atoms with van der Waals surface area (Å²) in [5, 5.41) is 4.31. The third kappa shape index (κ3) is 4.45. The fraction of sp³-hybridized carbons (Fsp3) is 0.250. The molecule has 2 aromatic heterocycles. The van der Waals surface area contributed by atoms with E-state index in [1.165, 1.54) is 0 Å².